The molecule has 0 radical (unpaired) electrons. The van der Waals surface area contributed by atoms with Crippen molar-refractivity contribution in [2.75, 3.05) is 0 Å². The Kier molecular flexibility index (Phi) is 4.06. The van der Waals surface area contributed by atoms with Gasteiger partial charge in [-0.15, -0.1) is 0 Å². The molecule has 19 heavy (non-hydrogen) atoms. The maximum Gasteiger partial charge on any atom is 0.117 e. The smallest absolute Gasteiger partial charge is 0.117 e. The minimum absolute atomic E-state index is 0.136. The van der Waals surface area contributed by atoms with E-state index < -0.39 is 5.60 Å². The number of hydrogen-bond donors (Lipinski definition) is 1. The van der Waals surface area contributed by atoms with E-state index in [4.69, 9.17) is 0 Å². The van der Waals surface area contributed by atoms with Crippen LogP contribution in [-0.4, -0.2) is 5.11 Å². The van der Waals surface area contributed by atoms with Crippen molar-refractivity contribution in [3.05, 3.63) is 71.8 Å². The van der Waals surface area contributed by atoms with Gasteiger partial charge in [-0.05, 0) is 23.0 Å². The van der Waals surface area contributed by atoms with E-state index in [-0.39, 0.29) is 5.92 Å². The van der Waals surface area contributed by atoms with Gasteiger partial charge in [0.05, 0.1) is 0 Å². The molecule has 2 aromatic rings. The van der Waals surface area contributed by atoms with Crippen molar-refractivity contribution in [3.63, 3.8) is 0 Å². The summed E-state index contributed by atoms with van der Waals surface area (Å²) in [6, 6.07) is 19.9. The van der Waals surface area contributed by atoms with Crippen molar-refractivity contribution in [1.82, 2.24) is 0 Å². The highest BCUT2D eigenvalue weighted by Crippen LogP contribution is 2.39. The van der Waals surface area contributed by atoms with Crippen molar-refractivity contribution in [3.8, 4) is 0 Å². The van der Waals surface area contributed by atoms with Gasteiger partial charge >= 0.3 is 0 Å². The van der Waals surface area contributed by atoms with Crippen molar-refractivity contribution in [1.29, 1.82) is 0 Å². The highest BCUT2D eigenvalue weighted by Gasteiger charge is 2.38. The molecule has 0 spiro atoms. The molecule has 1 unspecified atom stereocenters. The number of hydrogen-bond acceptors (Lipinski definition) is 1. The van der Waals surface area contributed by atoms with Gasteiger partial charge in [0.1, 0.15) is 5.60 Å². The lowest BCUT2D eigenvalue weighted by Gasteiger charge is -2.37. The van der Waals surface area contributed by atoms with Crippen LogP contribution in [-0.2, 0) is 5.60 Å². The molecule has 0 aliphatic heterocycles. The summed E-state index contributed by atoms with van der Waals surface area (Å²) in [5.74, 6) is 0.530. The van der Waals surface area contributed by atoms with Gasteiger partial charge in [-0.3, -0.25) is 0 Å². The Morgan fingerprint density at radius 3 is 1.42 bits per heavy atom. The molecule has 0 aliphatic rings. The van der Waals surface area contributed by atoms with Crippen LogP contribution >= 0.6 is 0 Å². The standard InChI is InChI=1S/C18H22O/c1-14(2)15(3)18(19,16-10-6-4-7-11-16)17-12-8-5-9-13-17/h4-15,19H,1-3H3. The van der Waals surface area contributed by atoms with E-state index in [2.05, 4.69) is 20.8 Å². The molecular weight excluding hydrogens is 232 g/mol. The minimum atomic E-state index is -0.934. The minimum Gasteiger partial charge on any atom is -0.380 e. The number of benzene rings is 2. The van der Waals surface area contributed by atoms with Crippen LogP contribution in [0.4, 0.5) is 0 Å². The molecule has 0 aromatic heterocycles. The van der Waals surface area contributed by atoms with Crippen molar-refractivity contribution in [2.45, 2.75) is 26.4 Å². The quantitative estimate of drug-likeness (QED) is 0.866. The van der Waals surface area contributed by atoms with Gasteiger partial charge in [0.15, 0.2) is 0 Å². The molecular formula is C18H22O. The third-order valence-corrected chi connectivity index (χ3v) is 4.09. The summed E-state index contributed by atoms with van der Waals surface area (Å²) in [6.45, 7) is 6.42. The summed E-state index contributed by atoms with van der Waals surface area (Å²) in [7, 11) is 0. The zero-order valence-electron chi connectivity index (χ0n) is 11.9. The molecule has 0 fully saturated rings. The van der Waals surface area contributed by atoms with Gasteiger partial charge in [-0.1, -0.05) is 81.4 Å². The van der Waals surface area contributed by atoms with E-state index in [1.165, 1.54) is 0 Å². The molecule has 1 heteroatoms. The van der Waals surface area contributed by atoms with Gasteiger partial charge < -0.3 is 5.11 Å². The third-order valence-electron chi connectivity index (χ3n) is 4.09. The second-order valence-electron chi connectivity index (χ2n) is 5.53. The van der Waals surface area contributed by atoms with Gasteiger partial charge in [-0.25, -0.2) is 0 Å². The summed E-state index contributed by atoms with van der Waals surface area (Å²) in [6.07, 6.45) is 0. The van der Waals surface area contributed by atoms with Crippen LogP contribution in [0.1, 0.15) is 31.9 Å². The SMILES string of the molecule is CC(C)C(C)C(O)(c1ccccc1)c1ccccc1. The summed E-state index contributed by atoms with van der Waals surface area (Å²) in [5, 5.41) is 11.4. The first-order valence-corrected chi connectivity index (χ1v) is 6.90. The van der Waals surface area contributed by atoms with E-state index >= 15 is 0 Å². The second kappa shape index (κ2) is 5.58. The normalized spacial score (nSPS) is 13.5. The fraction of sp³-hybridized carbons (Fsp3) is 0.333. The van der Waals surface area contributed by atoms with Crippen LogP contribution in [0.25, 0.3) is 0 Å². The highest BCUT2D eigenvalue weighted by molar-refractivity contribution is 5.36. The Labute approximate surface area is 115 Å². The molecule has 0 heterocycles. The van der Waals surface area contributed by atoms with E-state index in [9.17, 15) is 5.11 Å². The lowest BCUT2D eigenvalue weighted by molar-refractivity contribution is 0.00388. The highest BCUT2D eigenvalue weighted by atomic mass is 16.3. The average molecular weight is 254 g/mol. The van der Waals surface area contributed by atoms with E-state index in [0.717, 1.165) is 11.1 Å². The maximum absolute atomic E-state index is 11.4. The topological polar surface area (TPSA) is 20.2 Å². The molecule has 1 N–H and O–H groups in total. The van der Waals surface area contributed by atoms with Gasteiger partial charge in [0.2, 0.25) is 0 Å². The van der Waals surface area contributed by atoms with Crippen molar-refractivity contribution >= 4 is 0 Å². The molecule has 0 aliphatic carbocycles. The van der Waals surface area contributed by atoms with E-state index in [1.54, 1.807) is 0 Å². The van der Waals surface area contributed by atoms with Gasteiger partial charge in [-0.2, -0.15) is 0 Å². The largest absolute Gasteiger partial charge is 0.380 e. The number of rotatable bonds is 4. The summed E-state index contributed by atoms with van der Waals surface area (Å²) in [4.78, 5) is 0. The van der Waals surface area contributed by atoms with Crippen LogP contribution in [0.5, 0.6) is 0 Å². The Hall–Kier alpha value is -1.60. The van der Waals surface area contributed by atoms with Crippen molar-refractivity contribution in [2.24, 2.45) is 11.8 Å². The van der Waals surface area contributed by atoms with Crippen LogP contribution < -0.4 is 0 Å². The summed E-state index contributed by atoms with van der Waals surface area (Å²) in [5.41, 5.74) is 0.987. The molecule has 0 amide bonds. The molecule has 0 saturated heterocycles. The molecule has 0 saturated carbocycles. The lowest BCUT2D eigenvalue weighted by atomic mass is 9.72. The maximum atomic E-state index is 11.4. The average Bonchev–Trinajstić information content (AvgIpc) is 2.47. The molecule has 0 bridgehead atoms. The van der Waals surface area contributed by atoms with E-state index in [1.807, 2.05) is 60.7 Å². The zero-order valence-corrected chi connectivity index (χ0v) is 11.9. The lowest BCUT2D eigenvalue weighted by Crippen LogP contribution is -2.37. The fourth-order valence-electron chi connectivity index (χ4n) is 2.56. The Morgan fingerprint density at radius 2 is 1.11 bits per heavy atom. The van der Waals surface area contributed by atoms with Crippen LogP contribution in [0.2, 0.25) is 0 Å². The number of aliphatic hydroxyl groups is 1. The first-order chi connectivity index (χ1) is 9.06. The van der Waals surface area contributed by atoms with Crippen LogP contribution in [0, 0.1) is 11.8 Å². The Bertz CT molecular complexity index is 462. The van der Waals surface area contributed by atoms with Gasteiger partial charge in [0.25, 0.3) is 0 Å². The van der Waals surface area contributed by atoms with Crippen molar-refractivity contribution < 1.29 is 5.11 Å². The predicted molar refractivity (Wildman–Crippen MR) is 79.9 cm³/mol. The fourth-order valence-corrected chi connectivity index (χ4v) is 2.56. The molecule has 1 atom stereocenters. The summed E-state index contributed by atoms with van der Waals surface area (Å²) >= 11 is 0. The third kappa shape index (κ3) is 2.57. The van der Waals surface area contributed by atoms with Gasteiger partial charge in [0, 0.05) is 0 Å². The van der Waals surface area contributed by atoms with Crippen LogP contribution in [0.15, 0.2) is 60.7 Å². The second-order valence-corrected chi connectivity index (χ2v) is 5.53. The first kappa shape index (κ1) is 13.8. The zero-order chi connectivity index (χ0) is 13.9. The molecule has 2 rings (SSSR count). The first-order valence-electron chi connectivity index (χ1n) is 6.90. The Balaban J connectivity index is 2.57. The summed E-state index contributed by atoms with van der Waals surface area (Å²) < 4.78 is 0. The predicted octanol–water partition coefficient (Wildman–Crippen LogP) is 4.21. The Morgan fingerprint density at radius 1 is 0.737 bits per heavy atom. The van der Waals surface area contributed by atoms with E-state index in [0.29, 0.717) is 5.92 Å². The van der Waals surface area contributed by atoms with Crippen LogP contribution in [0.3, 0.4) is 0 Å². The monoisotopic (exact) mass is 254 g/mol. The molecule has 100 valence electrons. The molecule has 2 aromatic carbocycles. The molecule has 1 nitrogen and oxygen atoms in total.